The minimum atomic E-state index is 1.00. The molecule has 0 bridgehead atoms. The Morgan fingerprint density at radius 2 is 1.46 bits per heavy atom. The Balaban J connectivity index is 1.67. The van der Waals surface area contributed by atoms with Crippen LogP contribution in [0, 0.1) is 6.92 Å². The fourth-order valence-electron chi connectivity index (χ4n) is 3.35. The number of fused-ring (bicyclic) bond motifs is 1. The van der Waals surface area contributed by atoms with Gasteiger partial charge >= 0.3 is 0 Å². The third-order valence-corrected chi connectivity index (χ3v) is 4.71. The van der Waals surface area contributed by atoms with Crippen LogP contribution >= 0.6 is 0 Å². The van der Waals surface area contributed by atoms with Crippen LogP contribution in [0.15, 0.2) is 84.9 Å². The average molecular weight is 311 g/mol. The van der Waals surface area contributed by atoms with Crippen molar-refractivity contribution in [3.63, 3.8) is 0 Å². The standard InChI is InChI=1S/C23H21N/c1-18-11-14-23(24(18)16-15-19-7-3-2-4-8-19)22-13-12-20-9-5-6-10-21(20)17-22/h2-14,17H,15-16H2,1H3. The van der Waals surface area contributed by atoms with E-state index in [1.54, 1.807) is 0 Å². The van der Waals surface area contributed by atoms with Crippen LogP contribution in [0.1, 0.15) is 11.3 Å². The highest BCUT2D eigenvalue weighted by molar-refractivity contribution is 5.86. The number of aromatic nitrogens is 1. The van der Waals surface area contributed by atoms with Crippen molar-refractivity contribution in [2.24, 2.45) is 0 Å². The molecule has 1 heterocycles. The van der Waals surface area contributed by atoms with E-state index in [1.165, 1.54) is 33.3 Å². The first-order valence-electron chi connectivity index (χ1n) is 8.50. The number of hydrogen-bond acceptors (Lipinski definition) is 0. The molecule has 0 aliphatic carbocycles. The van der Waals surface area contributed by atoms with Gasteiger partial charge in [-0.15, -0.1) is 0 Å². The van der Waals surface area contributed by atoms with Gasteiger partial charge in [0.05, 0.1) is 0 Å². The Labute approximate surface area is 143 Å². The highest BCUT2D eigenvalue weighted by Gasteiger charge is 2.08. The first kappa shape index (κ1) is 14.8. The van der Waals surface area contributed by atoms with Gasteiger partial charge in [-0.1, -0.05) is 66.7 Å². The van der Waals surface area contributed by atoms with Gasteiger partial charge in [-0.05, 0) is 53.4 Å². The van der Waals surface area contributed by atoms with Gasteiger partial charge in [0.1, 0.15) is 0 Å². The van der Waals surface area contributed by atoms with E-state index in [1.807, 2.05) is 0 Å². The van der Waals surface area contributed by atoms with Gasteiger partial charge in [-0.25, -0.2) is 0 Å². The smallest absolute Gasteiger partial charge is 0.0482 e. The van der Waals surface area contributed by atoms with E-state index in [0.29, 0.717) is 0 Å². The zero-order chi connectivity index (χ0) is 16.4. The topological polar surface area (TPSA) is 4.93 Å². The predicted octanol–water partition coefficient (Wildman–Crippen LogP) is 5.86. The maximum Gasteiger partial charge on any atom is 0.0482 e. The Hall–Kier alpha value is -2.80. The molecule has 0 fully saturated rings. The lowest BCUT2D eigenvalue weighted by atomic mass is 10.0. The van der Waals surface area contributed by atoms with Crippen molar-refractivity contribution < 1.29 is 0 Å². The molecule has 0 spiro atoms. The molecule has 4 rings (SSSR count). The van der Waals surface area contributed by atoms with Gasteiger partial charge in [-0.2, -0.15) is 0 Å². The molecule has 24 heavy (non-hydrogen) atoms. The van der Waals surface area contributed by atoms with Gasteiger partial charge in [0.2, 0.25) is 0 Å². The minimum absolute atomic E-state index is 1.00. The predicted molar refractivity (Wildman–Crippen MR) is 102 cm³/mol. The van der Waals surface area contributed by atoms with Gasteiger partial charge in [0.25, 0.3) is 0 Å². The third kappa shape index (κ3) is 2.85. The van der Waals surface area contributed by atoms with Gasteiger partial charge in [0.15, 0.2) is 0 Å². The highest BCUT2D eigenvalue weighted by Crippen LogP contribution is 2.26. The minimum Gasteiger partial charge on any atom is -0.345 e. The molecule has 1 heteroatoms. The summed E-state index contributed by atoms with van der Waals surface area (Å²) < 4.78 is 2.43. The van der Waals surface area contributed by atoms with E-state index in [0.717, 1.165) is 13.0 Å². The van der Waals surface area contributed by atoms with E-state index in [2.05, 4.69) is 96.4 Å². The summed E-state index contributed by atoms with van der Waals surface area (Å²) in [5.74, 6) is 0. The molecule has 118 valence electrons. The summed E-state index contributed by atoms with van der Waals surface area (Å²) in [5.41, 5.74) is 5.29. The summed E-state index contributed by atoms with van der Waals surface area (Å²) in [5, 5.41) is 2.59. The molecule has 0 aliphatic rings. The number of nitrogens with zero attached hydrogens (tertiary/aromatic N) is 1. The van der Waals surface area contributed by atoms with Crippen molar-refractivity contribution in [2.75, 3.05) is 0 Å². The van der Waals surface area contributed by atoms with Gasteiger partial charge in [-0.3, -0.25) is 0 Å². The lowest BCUT2D eigenvalue weighted by Gasteiger charge is -2.13. The second kappa shape index (κ2) is 6.37. The third-order valence-electron chi connectivity index (χ3n) is 4.71. The molecular formula is C23H21N. The van der Waals surface area contributed by atoms with E-state index < -0.39 is 0 Å². The van der Waals surface area contributed by atoms with Crippen LogP contribution in [0.5, 0.6) is 0 Å². The fourth-order valence-corrected chi connectivity index (χ4v) is 3.35. The van der Waals surface area contributed by atoms with Crippen molar-refractivity contribution in [3.05, 3.63) is 96.2 Å². The molecule has 3 aromatic carbocycles. The summed E-state index contributed by atoms with van der Waals surface area (Å²) in [4.78, 5) is 0. The Morgan fingerprint density at radius 1 is 0.708 bits per heavy atom. The number of benzene rings is 3. The van der Waals surface area contributed by atoms with Crippen LogP contribution in [-0.2, 0) is 13.0 Å². The summed E-state index contributed by atoms with van der Waals surface area (Å²) >= 11 is 0. The normalized spacial score (nSPS) is 11.0. The van der Waals surface area contributed by atoms with Crippen molar-refractivity contribution in [2.45, 2.75) is 19.9 Å². The van der Waals surface area contributed by atoms with Crippen LogP contribution in [0.4, 0.5) is 0 Å². The molecule has 0 saturated heterocycles. The lowest BCUT2D eigenvalue weighted by molar-refractivity contribution is 0.688. The second-order valence-corrected chi connectivity index (χ2v) is 6.31. The van der Waals surface area contributed by atoms with Gasteiger partial charge in [0, 0.05) is 17.9 Å². The highest BCUT2D eigenvalue weighted by atomic mass is 15.0. The molecule has 0 atom stereocenters. The van der Waals surface area contributed by atoms with Crippen LogP contribution in [0.3, 0.4) is 0 Å². The van der Waals surface area contributed by atoms with E-state index in [4.69, 9.17) is 0 Å². The fraction of sp³-hybridized carbons (Fsp3) is 0.130. The summed E-state index contributed by atoms with van der Waals surface area (Å²) in [6.45, 7) is 3.19. The number of rotatable bonds is 4. The van der Waals surface area contributed by atoms with E-state index in [9.17, 15) is 0 Å². The molecule has 0 amide bonds. The maximum atomic E-state index is 2.43. The summed E-state index contributed by atoms with van der Waals surface area (Å²) in [7, 11) is 0. The molecule has 1 nitrogen and oxygen atoms in total. The van der Waals surface area contributed by atoms with Crippen molar-refractivity contribution in [1.82, 2.24) is 4.57 Å². The Bertz CT molecular complexity index is 964. The molecule has 0 radical (unpaired) electrons. The largest absolute Gasteiger partial charge is 0.345 e. The first-order valence-corrected chi connectivity index (χ1v) is 8.50. The molecular weight excluding hydrogens is 290 g/mol. The quantitative estimate of drug-likeness (QED) is 0.445. The average Bonchev–Trinajstić information content (AvgIpc) is 3.01. The summed E-state index contributed by atoms with van der Waals surface area (Å²) in [6.07, 6.45) is 1.05. The molecule has 0 unspecified atom stereocenters. The lowest BCUT2D eigenvalue weighted by Crippen LogP contribution is -2.05. The first-order chi connectivity index (χ1) is 11.8. The monoisotopic (exact) mass is 311 g/mol. The summed E-state index contributed by atoms with van der Waals surface area (Å²) in [6, 6.07) is 30.5. The zero-order valence-electron chi connectivity index (χ0n) is 13.9. The SMILES string of the molecule is Cc1ccc(-c2ccc3ccccc3c2)n1CCc1ccccc1. The van der Waals surface area contributed by atoms with Crippen molar-refractivity contribution in [1.29, 1.82) is 0 Å². The maximum absolute atomic E-state index is 2.43. The van der Waals surface area contributed by atoms with Crippen molar-refractivity contribution >= 4 is 10.8 Å². The molecule has 0 saturated carbocycles. The van der Waals surface area contributed by atoms with E-state index in [-0.39, 0.29) is 0 Å². The number of aryl methyl sites for hydroxylation is 2. The van der Waals surface area contributed by atoms with Crippen LogP contribution in [0.25, 0.3) is 22.0 Å². The van der Waals surface area contributed by atoms with Gasteiger partial charge < -0.3 is 4.57 Å². The Morgan fingerprint density at radius 3 is 2.29 bits per heavy atom. The van der Waals surface area contributed by atoms with E-state index >= 15 is 0 Å². The Kier molecular flexibility index (Phi) is 3.92. The number of hydrogen-bond donors (Lipinski definition) is 0. The van der Waals surface area contributed by atoms with Crippen molar-refractivity contribution in [3.8, 4) is 11.3 Å². The van der Waals surface area contributed by atoms with Crippen LogP contribution in [-0.4, -0.2) is 4.57 Å². The second-order valence-electron chi connectivity index (χ2n) is 6.31. The molecule has 0 aliphatic heterocycles. The zero-order valence-corrected chi connectivity index (χ0v) is 13.9. The van der Waals surface area contributed by atoms with Crippen LogP contribution < -0.4 is 0 Å². The molecule has 4 aromatic rings. The van der Waals surface area contributed by atoms with Crippen LogP contribution in [0.2, 0.25) is 0 Å². The molecule has 1 aromatic heterocycles. The molecule has 0 N–H and O–H groups in total.